The smallest absolute Gasteiger partial charge is 0.314 e. The van der Waals surface area contributed by atoms with E-state index in [-0.39, 0.29) is 6.10 Å². The molecule has 0 saturated heterocycles. The molecule has 1 aromatic rings. The Kier molecular flexibility index (Phi) is 5.58. The average molecular weight is 277 g/mol. The van der Waals surface area contributed by atoms with Crippen molar-refractivity contribution in [2.75, 3.05) is 0 Å². The van der Waals surface area contributed by atoms with Crippen LogP contribution in [0.3, 0.4) is 0 Å². The predicted octanol–water partition coefficient (Wildman–Crippen LogP) is 2.21. The Morgan fingerprint density at radius 3 is 2.40 bits per heavy atom. The van der Waals surface area contributed by atoms with E-state index in [9.17, 15) is 19.7 Å². The first-order valence-corrected chi connectivity index (χ1v) is 6.04. The molecular formula is C14H15NO5. The van der Waals surface area contributed by atoms with Crippen molar-refractivity contribution < 1.29 is 19.2 Å². The molecule has 0 radical (unpaired) electrons. The highest BCUT2D eigenvalue weighted by Crippen LogP contribution is 2.10. The Bertz CT molecular complexity index is 534. The maximum atomic E-state index is 11.8. The fourth-order valence-corrected chi connectivity index (χ4v) is 1.47. The molecule has 0 heterocycles. The van der Waals surface area contributed by atoms with E-state index in [0.717, 1.165) is 6.08 Å². The summed E-state index contributed by atoms with van der Waals surface area (Å²) in [6, 6.07) is 8.40. The normalized spacial score (nSPS) is 11.2. The van der Waals surface area contributed by atoms with Gasteiger partial charge in [0.15, 0.2) is 0 Å². The third-order valence-corrected chi connectivity index (χ3v) is 2.26. The van der Waals surface area contributed by atoms with Crippen molar-refractivity contribution in [3.8, 4) is 0 Å². The van der Waals surface area contributed by atoms with Gasteiger partial charge in [0, 0.05) is 6.08 Å². The molecule has 1 aromatic carbocycles. The van der Waals surface area contributed by atoms with Gasteiger partial charge in [0.25, 0.3) is 0 Å². The third-order valence-electron chi connectivity index (χ3n) is 2.26. The summed E-state index contributed by atoms with van der Waals surface area (Å²) in [4.78, 5) is 33.2. The quantitative estimate of drug-likeness (QED) is 0.261. The van der Waals surface area contributed by atoms with E-state index in [0.29, 0.717) is 5.56 Å². The van der Waals surface area contributed by atoms with Crippen LogP contribution in [0.1, 0.15) is 25.8 Å². The zero-order valence-electron chi connectivity index (χ0n) is 11.2. The number of nitrogens with zero attached hydrogens (tertiary/aromatic N) is 1. The van der Waals surface area contributed by atoms with E-state index < -0.39 is 28.8 Å². The number of carbonyl (C=O) groups excluding carboxylic acids is 2. The van der Waals surface area contributed by atoms with Crippen LogP contribution in [0, 0.1) is 10.1 Å². The van der Waals surface area contributed by atoms with E-state index in [1.54, 1.807) is 44.2 Å². The molecule has 0 aliphatic heterocycles. The number of ether oxygens (including phenoxy) is 1. The Morgan fingerprint density at radius 2 is 1.90 bits per heavy atom. The van der Waals surface area contributed by atoms with E-state index in [1.807, 2.05) is 0 Å². The summed E-state index contributed by atoms with van der Waals surface area (Å²) in [5.74, 6) is -1.64. The van der Waals surface area contributed by atoms with Crippen LogP contribution in [0.15, 0.2) is 36.0 Å². The summed E-state index contributed by atoms with van der Waals surface area (Å²) in [7, 11) is 0. The van der Waals surface area contributed by atoms with Gasteiger partial charge in [-0.3, -0.25) is 19.7 Å². The van der Waals surface area contributed by atoms with Gasteiger partial charge in [-0.05, 0) is 19.4 Å². The third kappa shape index (κ3) is 5.01. The van der Waals surface area contributed by atoms with Crippen molar-refractivity contribution >= 4 is 17.8 Å². The average Bonchev–Trinajstić information content (AvgIpc) is 2.35. The molecule has 0 bridgehead atoms. The van der Waals surface area contributed by atoms with Crippen LogP contribution in [0.25, 0.3) is 6.08 Å². The summed E-state index contributed by atoms with van der Waals surface area (Å²) in [6.07, 6.45) is 0.135. The fraction of sp³-hybridized carbons (Fsp3) is 0.286. The van der Waals surface area contributed by atoms with E-state index in [4.69, 9.17) is 4.74 Å². The minimum absolute atomic E-state index is 0.368. The van der Waals surface area contributed by atoms with Crippen molar-refractivity contribution in [2.45, 2.75) is 26.4 Å². The monoisotopic (exact) mass is 277 g/mol. The van der Waals surface area contributed by atoms with Crippen LogP contribution in [0.5, 0.6) is 0 Å². The molecule has 0 spiro atoms. The topological polar surface area (TPSA) is 86.5 Å². The molecule has 6 nitrogen and oxygen atoms in total. The van der Waals surface area contributed by atoms with Crippen molar-refractivity contribution in [3.05, 3.63) is 51.7 Å². The molecule has 0 aliphatic rings. The predicted molar refractivity (Wildman–Crippen MR) is 72.3 cm³/mol. The van der Waals surface area contributed by atoms with Crippen LogP contribution < -0.4 is 0 Å². The second-order valence-corrected chi connectivity index (χ2v) is 4.34. The molecule has 6 heteroatoms. The van der Waals surface area contributed by atoms with Gasteiger partial charge in [0.1, 0.15) is 6.42 Å². The Labute approximate surface area is 116 Å². The molecule has 0 atom stereocenters. The Balaban J connectivity index is 2.87. The number of allylic oxidation sites excluding steroid dienone is 1. The fourth-order valence-electron chi connectivity index (χ4n) is 1.47. The number of carbonyl (C=O) groups is 2. The van der Waals surface area contributed by atoms with Gasteiger partial charge in [-0.2, -0.15) is 0 Å². The lowest BCUT2D eigenvalue weighted by Crippen LogP contribution is -2.19. The molecule has 0 unspecified atom stereocenters. The molecule has 0 N–H and O–H groups in total. The number of benzene rings is 1. The summed E-state index contributed by atoms with van der Waals surface area (Å²) >= 11 is 0. The molecular weight excluding hydrogens is 262 g/mol. The van der Waals surface area contributed by atoms with Gasteiger partial charge in [0.2, 0.25) is 5.78 Å². The number of rotatable bonds is 6. The van der Waals surface area contributed by atoms with Crippen LogP contribution in [0.4, 0.5) is 0 Å². The van der Waals surface area contributed by atoms with Gasteiger partial charge in [-0.15, -0.1) is 0 Å². The highest BCUT2D eigenvalue weighted by molar-refractivity contribution is 6.06. The van der Waals surface area contributed by atoms with Gasteiger partial charge in [0.05, 0.1) is 11.0 Å². The number of hydrogen-bond donors (Lipinski definition) is 0. The molecule has 0 saturated carbocycles. The Morgan fingerprint density at radius 1 is 1.30 bits per heavy atom. The first-order valence-electron chi connectivity index (χ1n) is 6.04. The number of ketones is 1. The van der Waals surface area contributed by atoms with Gasteiger partial charge < -0.3 is 4.74 Å². The Hall–Kier alpha value is -2.50. The molecule has 0 aliphatic carbocycles. The zero-order chi connectivity index (χ0) is 15.1. The first kappa shape index (κ1) is 15.6. The zero-order valence-corrected chi connectivity index (χ0v) is 11.2. The minimum atomic E-state index is -0.871. The van der Waals surface area contributed by atoms with Crippen LogP contribution in [0.2, 0.25) is 0 Å². The van der Waals surface area contributed by atoms with Gasteiger partial charge in [-0.1, -0.05) is 30.3 Å². The summed E-state index contributed by atoms with van der Waals surface area (Å²) in [5, 5.41) is 10.9. The SMILES string of the molecule is CC(C)OC(=O)CC(=O)C(=Cc1ccccc1)[N+](=O)[O-]. The molecule has 0 aromatic heterocycles. The lowest BCUT2D eigenvalue weighted by molar-refractivity contribution is -0.417. The second-order valence-electron chi connectivity index (χ2n) is 4.34. The summed E-state index contributed by atoms with van der Waals surface area (Å²) < 4.78 is 4.79. The molecule has 0 fully saturated rings. The number of hydrogen-bond acceptors (Lipinski definition) is 5. The lowest BCUT2D eigenvalue weighted by Gasteiger charge is -2.06. The van der Waals surface area contributed by atoms with Crippen LogP contribution in [-0.4, -0.2) is 22.8 Å². The van der Waals surface area contributed by atoms with Crippen molar-refractivity contribution in [2.24, 2.45) is 0 Å². The van der Waals surface area contributed by atoms with E-state index in [2.05, 4.69) is 0 Å². The second kappa shape index (κ2) is 7.18. The largest absolute Gasteiger partial charge is 0.463 e. The van der Waals surface area contributed by atoms with Crippen LogP contribution >= 0.6 is 0 Å². The van der Waals surface area contributed by atoms with E-state index in [1.165, 1.54) is 0 Å². The lowest BCUT2D eigenvalue weighted by atomic mass is 10.1. The van der Waals surface area contributed by atoms with Gasteiger partial charge >= 0.3 is 11.7 Å². The maximum Gasteiger partial charge on any atom is 0.314 e. The minimum Gasteiger partial charge on any atom is -0.463 e. The highest BCUT2D eigenvalue weighted by Gasteiger charge is 2.25. The molecule has 106 valence electrons. The highest BCUT2D eigenvalue weighted by atomic mass is 16.6. The number of Topliss-reactive ketones (excluding diaryl/α,β-unsaturated/α-hetero) is 1. The van der Waals surface area contributed by atoms with Crippen LogP contribution in [-0.2, 0) is 14.3 Å². The number of nitro groups is 1. The van der Waals surface area contributed by atoms with E-state index >= 15 is 0 Å². The summed E-state index contributed by atoms with van der Waals surface area (Å²) in [6.45, 7) is 3.27. The van der Waals surface area contributed by atoms with Crippen molar-refractivity contribution in [1.82, 2.24) is 0 Å². The van der Waals surface area contributed by atoms with Crippen molar-refractivity contribution in [1.29, 1.82) is 0 Å². The van der Waals surface area contributed by atoms with Gasteiger partial charge in [-0.25, -0.2) is 0 Å². The maximum absolute atomic E-state index is 11.8. The summed E-state index contributed by atoms with van der Waals surface area (Å²) in [5.41, 5.74) is -0.110. The number of esters is 1. The molecule has 20 heavy (non-hydrogen) atoms. The first-order chi connectivity index (χ1) is 9.40. The molecule has 1 rings (SSSR count). The molecule has 0 amide bonds. The van der Waals surface area contributed by atoms with Crippen molar-refractivity contribution in [3.63, 3.8) is 0 Å². The standard InChI is InChI=1S/C14H15NO5/c1-10(2)20-14(17)9-13(16)12(15(18)19)8-11-6-4-3-5-7-11/h3-8,10H,9H2,1-2H3.